The van der Waals surface area contributed by atoms with E-state index in [1.165, 1.54) is 167 Å². The molecule has 0 saturated heterocycles. The van der Waals surface area contributed by atoms with E-state index >= 15 is 0 Å². The Balaban J connectivity index is 4.17. The van der Waals surface area contributed by atoms with Crippen LogP contribution < -0.4 is 0 Å². The molecule has 6 heteroatoms. The maximum atomic E-state index is 12.8. The Bertz CT molecular complexity index is 916. The molecule has 0 aliphatic heterocycles. The van der Waals surface area contributed by atoms with Gasteiger partial charge >= 0.3 is 17.9 Å². The fourth-order valence-electron chi connectivity index (χ4n) is 7.91. The van der Waals surface area contributed by atoms with Gasteiger partial charge in [-0.1, -0.05) is 247 Å². The van der Waals surface area contributed by atoms with Crippen LogP contribution in [-0.4, -0.2) is 37.2 Å². The smallest absolute Gasteiger partial charge is 0.306 e. The van der Waals surface area contributed by atoms with E-state index in [0.29, 0.717) is 19.3 Å². The second-order valence-electron chi connectivity index (χ2n) is 19.4. The molecule has 0 saturated carbocycles. The lowest BCUT2D eigenvalue weighted by atomic mass is 9.99. The second-order valence-corrected chi connectivity index (χ2v) is 19.4. The molecule has 0 spiro atoms. The highest BCUT2D eigenvalue weighted by Gasteiger charge is 2.19. The summed E-state index contributed by atoms with van der Waals surface area (Å²) in [5, 5.41) is 0. The second kappa shape index (κ2) is 44.5. The lowest BCUT2D eigenvalue weighted by Crippen LogP contribution is -2.30. The quantitative estimate of drug-likeness (QED) is 0.0345. The summed E-state index contributed by atoms with van der Waals surface area (Å²) < 4.78 is 16.8. The number of hydrogen-bond acceptors (Lipinski definition) is 6. The van der Waals surface area contributed by atoms with E-state index < -0.39 is 6.10 Å². The number of ether oxygens (including phenoxy) is 3. The van der Waals surface area contributed by atoms with Crippen molar-refractivity contribution in [2.24, 2.45) is 17.8 Å². The highest BCUT2D eigenvalue weighted by molar-refractivity contribution is 5.71. The molecule has 0 fully saturated rings. The summed E-state index contributed by atoms with van der Waals surface area (Å²) in [7, 11) is 0. The minimum atomic E-state index is -0.763. The van der Waals surface area contributed by atoms with Gasteiger partial charge in [0.05, 0.1) is 0 Å². The maximum absolute atomic E-state index is 12.8. The van der Waals surface area contributed by atoms with E-state index in [0.717, 1.165) is 75.5 Å². The van der Waals surface area contributed by atoms with Crippen LogP contribution in [0.5, 0.6) is 0 Å². The van der Waals surface area contributed by atoms with Crippen LogP contribution in [0, 0.1) is 17.8 Å². The van der Waals surface area contributed by atoms with Gasteiger partial charge in [0.25, 0.3) is 0 Å². The molecule has 0 aromatic carbocycles. The SMILES string of the molecule is CCC(C)CCCCCCCCCCCCCCCCCCCCC(=O)O[C@H](COC(=O)CCCCCCCCCC(C)C)COC(=O)CCCCCCCCC(C)C. The van der Waals surface area contributed by atoms with Crippen LogP contribution in [-0.2, 0) is 28.6 Å². The Morgan fingerprint density at radius 2 is 0.593 bits per heavy atom. The standard InChI is InChI=1S/C53H102O6/c1-7-49(6)41-35-29-22-18-16-14-12-10-8-9-11-13-15-17-19-23-32-38-44-53(56)59-50(46-58-52(55)43-37-31-26-25-28-34-40-48(4)5)45-57-51(54)42-36-30-24-20-21-27-33-39-47(2)3/h47-50H,7-46H2,1-6H3/t49?,50-/m1/s1. The van der Waals surface area contributed by atoms with E-state index in [1.54, 1.807) is 0 Å². The molecule has 0 rings (SSSR count). The van der Waals surface area contributed by atoms with Gasteiger partial charge in [-0.05, 0) is 37.0 Å². The minimum absolute atomic E-state index is 0.0666. The molecule has 6 nitrogen and oxygen atoms in total. The van der Waals surface area contributed by atoms with Crippen molar-refractivity contribution in [1.82, 2.24) is 0 Å². The normalized spacial score (nSPS) is 12.6. The van der Waals surface area contributed by atoms with Crippen LogP contribution in [0.3, 0.4) is 0 Å². The molecular formula is C53H102O6. The molecule has 2 atom stereocenters. The summed E-state index contributed by atoms with van der Waals surface area (Å²) >= 11 is 0. The van der Waals surface area contributed by atoms with Crippen molar-refractivity contribution in [3.63, 3.8) is 0 Å². The van der Waals surface area contributed by atoms with Crippen molar-refractivity contribution in [1.29, 1.82) is 0 Å². The minimum Gasteiger partial charge on any atom is -0.462 e. The van der Waals surface area contributed by atoms with Gasteiger partial charge in [0.15, 0.2) is 6.10 Å². The largest absolute Gasteiger partial charge is 0.462 e. The fraction of sp³-hybridized carbons (Fsp3) is 0.943. The summed E-state index contributed by atoms with van der Waals surface area (Å²) in [6.07, 6.45) is 44.0. The number of carbonyl (C=O) groups is 3. The lowest BCUT2D eigenvalue weighted by Gasteiger charge is -2.18. The number of carbonyl (C=O) groups excluding carboxylic acids is 3. The average Bonchev–Trinajstić information content (AvgIpc) is 3.20. The van der Waals surface area contributed by atoms with E-state index in [1.807, 2.05) is 0 Å². The van der Waals surface area contributed by atoms with Gasteiger partial charge in [-0.25, -0.2) is 0 Å². The van der Waals surface area contributed by atoms with Crippen molar-refractivity contribution < 1.29 is 28.6 Å². The Kier molecular flexibility index (Phi) is 43.3. The summed E-state index contributed by atoms with van der Waals surface area (Å²) in [4.78, 5) is 37.8. The van der Waals surface area contributed by atoms with Crippen LogP contribution in [0.4, 0.5) is 0 Å². The topological polar surface area (TPSA) is 78.9 Å². The Morgan fingerprint density at radius 3 is 0.881 bits per heavy atom. The summed E-state index contributed by atoms with van der Waals surface area (Å²) in [6.45, 7) is 13.7. The van der Waals surface area contributed by atoms with Crippen molar-refractivity contribution in [3.8, 4) is 0 Å². The first-order valence-corrected chi connectivity index (χ1v) is 26.1. The third-order valence-corrected chi connectivity index (χ3v) is 12.3. The monoisotopic (exact) mass is 835 g/mol. The molecule has 0 bridgehead atoms. The first kappa shape index (κ1) is 57.4. The molecule has 0 radical (unpaired) electrons. The van der Waals surface area contributed by atoms with Crippen LogP contribution in [0.2, 0.25) is 0 Å². The number of esters is 3. The zero-order valence-electron chi connectivity index (χ0n) is 40.5. The van der Waals surface area contributed by atoms with Gasteiger partial charge in [0.1, 0.15) is 13.2 Å². The highest BCUT2D eigenvalue weighted by atomic mass is 16.6. The van der Waals surface area contributed by atoms with Crippen molar-refractivity contribution >= 4 is 17.9 Å². The molecule has 0 amide bonds. The van der Waals surface area contributed by atoms with Crippen LogP contribution in [0.15, 0.2) is 0 Å². The third-order valence-electron chi connectivity index (χ3n) is 12.3. The van der Waals surface area contributed by atoms with Gasteiger partial charge in [0, 0.05) is 19.3 Å². The number of unbranched alkanes of at least 4 members (excludes halogenated alkanes) is 28. The molecule has 350 valence electrons. The first-order valence-electron chi connectivity index (χ1n) is 26.1. The zero-order chi connectivity index (χ0) is 43.4. The van der Waals surface area contributed by atoms with Gasteiger partial charge in [-0.15, -0.1) is 0 Å². The third kappa shape index (κ3) is 45.8. The van der Waals surface area contributed by atoms with Gasteiger partial charge in [-0.3, -0.25) is 14.4 Å². The summed E-state index contributed by atoms with van der Waals surface area (Å²) in [5.41, 5.74) is 0. The molecule has 0 heterocycles. The van der Waals surface area contributed by atoms with Gasteiger partial charge in [-0.2, -0.15) is 0 Å². The molecule has 0 aromatic rings. The average molecular weight is 835 g/mol. The van der Waals surface area contributed by atoms with E-state index in [-0.39, 0.29) is 31.1 Å². The van der Waals surface area contributed by atoms with E-state index in [4.69, 9.17) is 14.2 Å². The van der Waals surface area contributed by atoms with E-state index in [2.05, 4.69) is 41.5 Å². The molecule has 1 unspecified atom stereocenters. The Hall–Kier alpha value is -1.59. The zero-order valence-corrected chi connectivity index (χ0v) is 40.5. The Labute approximate surface area is 368 Å². The van der Waals surface area contributed by atoms with Crippen LogP contribution in [0.1, 0.15) is 286 Å². The van der Waals surface area contributed by atoms with E-state index in [9.17, 15) is 14.4 Å². The van der Waals surface area contributed by atoms with Gasteiger partial charge < -0.3 is 14.2 Å². The molecular weight excluding hydrogens is 733 g/mol. The predicted molar refractivity (Wildman–Crippen MR) is 252 cm³/mol. The summed E-state index contributed by atoms with van der Waals surface area (Å²) in [6, 6.07) is 0. The van der Waals surface area contributed by atoms with Crippen molar-refractivity contribution in [3.05, 3.63) is 0 Å². The number of hydrogen-bond donors (Lipinski definition) is 0. The molecule has 0 aromatic heterocycles. The van der Waals surface area contributed by atoms with Crippen molar-refractivity contribution in [2.75, 3.05) is 13.2 Å². The van der Waals surface area contributed by atoms with Crippen LogP contribution in [0.25, 0.3) is 0 Å². The summed E-state index contributed by atoms with van der Waals surface area (Å²) in [5.74, 6) is 1.59. The Morgan fingerprint density at radius 1 is 0.339 bits per heavy atom. The highest BCUT2D eigenvalue weighted by Crippen LogP contribution is 2.18. The molecule has 59 heavy (non-hydrogen) atoms. The first-order chi connectivity index (χ1) is 28.6. The molecule has 0 aliphatic carbocycles. The van der Waals surface area contributed by atoms with Crippen molar-refractivity contribution in [2.45, 2.75) is 292 Å². The molecule has 0 aliphatic rings. The van der Waals surface area contributed by atoms with Crippen LogP contribution >= 0.6 is 0 Å². The molecule has 0 N–H and O–H groups in total. The lowest BCUT2D eigenvalue weighted by molar-refractivity contribution is -0.167. The van der Waals surface area contributed by atoms with Gasteiger partial charge in [0.2, 0.25) is 0 Å². The predicted octanol–water partition coefficient (Wildman–Crippen LogP) is 16.8. The number of rotatable bonds is 46. The fourth-order valence-corrected chi connectivity index (χ4v) is 7.91. The maximum Gasteiger partial charge on any atom is 0.306 e.